The van der Waals surface area contributed by atoms with Gasteiger partial charge in [-0.25, -0.2) is 4.98 Å². The minimum atomic E-state index is 0.644. The molecule has 2 rings (SSSR count). The summed E-state index contributed by atoms with van der Waals surface area (Å²) in [5.41, 5.74) is 0. The van der Waals surface area contributed by atoms with Crippen LogP contribution in [0, 0.1) is 5.92 Å². The molecule has 1 unspecified atom stereocenters. The molecule has 1 fully saturated rings. The number of ether oxygens (including phenoxy) is 1. The van der Waals surface area contributed by atoms with E-state index in [1.807, 2.05) is 19.2 Å². The van der Waals surface area contributed by atoms with E-state index in [1.165, 1.54) is 6.42 Å². The van der Waals surface area contributed by atoms with Gasteiger partial charge in [0.05, 0.1) is 6.61 Å². The summed E-state index contributed by atoms with van der Waals surface area (Å²) in [6.07, 6.45) is 1.19. The van der Waals surface area contributed by atoms with Gasteiger partial charge in [-0.2, -0.15) is 0 Å². The number of anilines is 2. The Hall–Kier alpha value is -1.29. The van der Waals surface area contributed by atoms with Crippen molar-refractivity contribution in [3.63, 3.8) is 0 Å². The van der Waals surface area contributed by atoms with E-state index >= 15 is 0 Å². The lowest BCUT2D eigenvalue weighted by Gasteiger charge is -2.18. The van der Waals surface area contributed by atoms with Gasteiger partial charge in [-0.1, -0.05) is 6.07 Å². The third-order valence-corrected chi connectivity index (χ3v) is 3.00. The van der Waals surface area contributed by atoms with Crippen molar-refractivity contribution in [3.8, 4) is 0 Å². The molecule has 2 heterocycles. The van der Waals surface area contributed by atoms with Crippen molar-refractivity contribution in [1.82, 2.24) is 4.98 Å². The van der Waals surface area contributed by atoms with Crippen LogP contribution in [0.2, 0.25) is 0 Å². The lowest BCUT2D eigenvalue weighted by atomic mass is 10.1. The first-order chi connectivity index (χ1) is 7.83. The normalized spacial score (nSPS) is 20.1. The summed E-state index contributed by atoms with van der Waals surface area (Å²) in [4.78, 5) is 6.87. The van der Waals surface area contributed by atoms with Crippen molar-refractivity contribution in [2.75, 3.05) is 44.1 Å². The number of nitrogens with zero attached hydrogens (tertiary/aromatic N) is 2. The highest BCUT2D eigenvalue weighted by Gasteiger charge is 2.23. The number of hydrogen-bond donors (Lipinski definition) is 1. The molecule has 1 aromatic heterocycles. The fourth-order valence-corrected chi connectivity index (χ4v) is 2.15. The molecule has 1 aliphatic heterocycles. The number of rotatable bonds is 4. The van der Waals surface area contributed by atoms with E-state index in [1.54, 1.807) is 7.11 Å². The third kappa shape index (κ3) is 2.44. The Morgan fingerprint density at radius 3 is 3.19 bits per heavy atom. The average Bonchev–Trinajstić information content (AvgIpc) is 2.78. The van der Waals surface area contributed by atoms with E-state index in [0.717, 1.165) is 31.3 Å². The Balaban J connectivity index is 2.02. The van der Waals surface area contributed by atoms with Crippen LogP contribution in [0.25, 0.3) is 0 Å². The van der Waals surface area contributed by atoms with Crippen LogP contribution in [-0.4, -0.2) is 38.8 Å². The first-order valence-corrected chi connectivity index (χ1v) is 5.72. The summed E-state index contributed by atoms with van der Waals surface area (Å²) in [6.45, 7) is 2.98. The van der Waals surface area contributed by atoms with Crippen LogP contribution in [-0.2, 0) is 4.74 Å². The molecule has 4 heteroatoms. The fourth-order valence-electron chi connectivity index (χ4n) is 2.15. The fraction of sp³-hybridized carbons (Fsp3) is 0.583. The molecule has 16 heavy (non-hydrogen) atoms. The zero-order valence-corrected chi connectivity index (χ0v) is 9.94. The minimum absolute atomic E-state index is 0.644. The third-order valence-electron chi connectivity index (χ3n) is 3.00. The number of methoxy groups -OCH3 is 1. The molecule has 0 spiro atoms. The molecule has 4 nitrogen and oxygen atoms in total. The largest absolute Gasteiger partial charge is 0.384 e. The monoisotopic (exact) mass is 221 g/mol. The summed E-state index contributed by atoms with van der Waals surface area (Å²) in [5.74, 6) is 2.63. The van der Waals surface area contributed by atoms with E-state index in [0.29, 0.717) is 5.92 Å². The molecule has 1 aromatic rings. The molecule has 0 saturated carbocycles. The second-order valence-corrected chi connectivity index (χ2v) is 4.19. The Bertz CT molecular complexity index is 343. The van der Waals surface area contributed by atoms with Crippen molar-refractivity contribution < 1.29 is 4.74 Å². The molecular formula is C12H19N3O. The average molecular weight is 221 g/mol. The van der Waals surface area contributed by atoms with Crippen LogP contribution in [0.4, 0.5) is 11.6 Å². The van der Waals surface area contributed by atoms with Gasteiger partial charge in [-0.3, -0.25) is 0 Å². The first-order valence-electron chi connectivity index (χ1n) is 5.72. The van der Waals surface area contributed by atoms with E-state index in [2.05, 4.69) is 21.3 Å². The van der Waals surface area contributed by atoms with Gasteiger partial charge < -0.3 is 15.0 Å². The standard InChI is InChI=1S/C12H19N3O/c1-13-11-4-3-5-12(14-11)15-7-6-10(8-15)9-16-2/h3-5,10H,6-9H2,1-2H3,(H,13,14). The van der Waals surface area contributed by atoms with E-state index in [9.17, 15) is 0 Å². The highest BCUT2D eigenvalue weighted by Crippen LogP contribution is 2.23. The first kappa shape index (κ1) is 11.2. The lowest BCUT2D eigenvalue weighted by molar-refractivity contribution is 0.161. The molecular weight excluding hydrogens is 202 g/mol. The number of aromatic nitrogens is 1. The zero-order valence-electron chi connectivity index (χ0n) is 9.94. The molecule has 0 radical (unpaired) electrons. The van der Waals surface area contributed by atoms with E-state index in [4.69, 9.17) is 4.74 Å². The number of pyridine rings is 1. The summed E-state index contributed by atoms with van der Waals surface area (Å²) in [6, 6.07) is 6.08. The summed E-state index contributed by atoms with van der Waals surface area (Å²) in [7, 11) is 3.66. The number of nitrogens with one attached hydrogen (secondary N) is 1. The van der Waals surface area contributed by atoms with Gasteiger partial charge >= 0.3 is 0 Å². The predicted octanol–water partition coefficient (Wildman–Crippen LogP) is 1.60. The highest BCUT2D eigenvalue weighted by molar-refractivity contribution is 5.47. The molecule has 1 N–H and O–H groups in total. The minimum Gasteiger partial charge on any atom is -0.384 e. The molecule has 0 aromatic carbocycles. The van der Waals surface area contributed by atoms with Crippen molar-refractivity contribution >= 4 is 11.6 Å². The van der Waals surface area contributed by atoms with Crippen LogP contribution in [0.3, 0.4) is 0 Å². The van der Waals surface area contributed by atoms with Gasteiger partial charge in [-0.15, -0.1) is 0 Å². The molecule has 88 valence electrons. The second-order valence-electron chi connectivity index (χ2n) is 4.19. The lowest BCUT2D eigenvalue weighted by Crippen LogP contribution is -2.22. The van der Waals surface area contributed by atoms with Crippen LogP contribution in [0.15, 0.2) is 18.2 Å². The maximum Gasteiger partial charge on any atom is 0.130 e. The van der Waals surface area contributed by atoms with Crippen LogP contribution in [0.1, 0.15) is 6.42 Å². The van der Waals surface area contributed by atoms with E-state index < -0.39 is 0 Å². The van der Waals surface area contributed by atoms with Crippen LogP contribution < -0.4 is 10.2 Å². The highest BCUT2D eigenvalue weighted by atomic mass is 16.5. The zero-order chi connectivity index (χ0) is 11.4. The molecule has 1 aliphatic rings. The SMILES string of the molecule is CNc1cccc(N2CCC(COC)C2)n1. The summed E-state index contributed by atoms with van der Waals surface area (Å²) >= 11 is 0. The van der Waals surface area contributed by atoms with Crippen molar-refractivity contribution in [1.29, 1.82) is 0 Å². The van der Waals surface area contributed by atoms with Crippen molar-refractivity contribution in [3.05, 3.63) is 18.2 Å². The molecule has 0 bridgehead atoms. The van der Waals surface area contributed by atoms with Gasteiger partial charge in [-0.05, 0) is 18.6 Å². The quantitative estimate of drug-likeness (QED) is 0.838. The maximum atomic E-state index is 5.20. The summed E-state index contributed by atoms with van der Waals surface area (Å²) < 4.78 is 5.20. The molecule has 0 amide bonds. The number of hydrogen-bond acceptors (Lipinski definition) is 4. The van der Waals surface area contributed by atoms with Gasteiger partial charge in [0, 0.05) is 33.2 Å². The van der Waals surface area contributed by atoms with Crippen LogP contribution >= 0.6 is 0 Å². The van der Waals surface area contributed by atoms with Crippen molar-refractivity contribution in [2.24, 2.45) is 5.92 Å². The Morgan fingerprint density at radius 2 is 2.44 bits per heavy atom. The molecule has 1 saturated heterocycles. The van der Waals surface area contributed by atoms with E-state index in [-0.39, 0.29) is 0 Å². The second kappa shape index (κ2) is 5.16. The Morgan fingerprint density at radius 1 is 1.56 bits per heavy atom. The van der Waals surface area contributed by atoms with Gasteiger partial charge in [0.1, 0.15) is 11.6 Å². The molecule has 0 aliphatic carbocycles. The topological polar surface area (TPSA) is 37.4 Å². The van der Waals surface area contributed by atoms with Gasteiger partial charge in [0.2, 0.25) is 0 Å². The molecule has 1 atom stereocenters. The summed E-state index contributed by atoms with van der Waals surface area (Å²) in [5, 5.41) is 3.06. The smallest absolute Gasteiger partial charge is 0.130 e. The maximum absolute atomic E-state index is 5.20. The van der Waals surface area contributed by atoms with Gasteiger partial charge in [0.25, 0.3) is 0 Å². The van der Waals surface area contributed by atoms with Crippen LogP contribution in [0.5, 0.6) is 0 Å². The Labute approximate surface area is 96.6 Å². The Kier molecular flexibility index (Phi) is 3.62. The van der Waals surface area contributed by atoms with Gasteiger partial charge in [0.15, 0.2) is 0 Å². The van der Waals surface area contributed by atoms with Crippen molar-refractivity contribution in [2.45, 2.75) is 6.42 Å². The predicted molar refractivity (Wildman–Crippen MR) is 66.0 cm³/mol.